The minimum atomic E-state index is -0.434. The first-order chi connectivity index (χ1) is 11.8. The Morgan fingerprint density at radius 3 is 1.88 bits per heavy atom. The van der Waals surface area contributed by atoms with Gasteiger partial charge in [0.15, 0.2) is 0 Å². The first-order valence-corrected chi connectivity index (χ1v) is 9.70. The van der Waals surface area contributed by atoms with Crippen molar-refractivity contribution in [3.63, 3.8) is 0 Å². The summed E-state index contributed by atoms with van der Waals surface area (Å²) in [4.78, 5) is 11.8. The molecule has 0 fully saturated rings. The smallest absolute Gasteiger partial charge is 0.341 e. The number of phenols is 1. The molecule has 0 radical (unpaired) electrons. The molecule has 0 aliphatic carbocycles. The molecule has 0 aromatic heterocycles. The number of carbonyl (C=O) groups excluding carboxylic acids is 1. The second-order valence-corrected chi connectivity index (χ2v) is 6.54. The van der Waals surface area contributed by atoms with Crippen LogP contribution in [-0.2, 0) is 4.74 Å². The molecular weight excluding hydrogens is 300 g/mol. The van der Waals surface area contributed by atoms with Gasteiger partial charge in [-0.25, -0.2) is 4.79 Å². The van der Waals surface area contributed by atoms with Crippen LogP contribution in [0.2, 0.25) is 0 Å². The van der Waals surface area contributed by atoms with Gasteiger partial charge in [0, 0.05) is 0 Å². The van der Waals surface area contributed by atoms with Gasteiger partial charge < -0.3 is 9.84 Å². The van der Waals surface area contributed by atoms with Crippen molar-refractivity contribution < 1.29 is 14.6 Å². The van der Waals surface area contributed by atoms with E-state index in [1.807, 2.05) is 0 Å². The van der Waals surface area contributed by atoms with Gasteiger partial charge in [0.25, 0.3) is 0 Å². The highest BCUT2D eigenvalue weighted by molar-refractivity contribution is 5.92. The van der Waals surface area contributed by atoms with E-state index in [1.165, 1.54) is 70.3 Å². The third-order valence-corrected chi connectivity index (χ3v) is 4.36. The number of phenolic OH excluding ortho intramolecular Hbond substituents is 1. The van der Waals surface area contributed by atoms with Crippen molar-refractivity contribution in [1.82, 2.24) is 0 Å². The standard InChI is InChI=1S/C21H34O3/c1-2-3-4-5-6-7-8-9-10-11-12-15-18-24-21(23)19-16-13-14-17-20(19)22/h13-14,16-17,22H,2-12,15,18H2,1H3. The number of aromatic hydroxyl groups is 1. The number of hydrogen-bond donors (Lipinski definition) is 1. The average Bonchev–Trinajstić information content (AvgIpc) is 2.59. The normalized spacial score (nSPS) is 10.7. The van der Waals surface area contributed by atoms with Crippen LogP contribution in [0.1, 0.15) is 94.3 Å². The molecule has 136 valence electrons. The Balaban J connectivity index is 1.89. The van der Waals surface area contributed by atoms with Crippen molar-refractivity contribution in [2.45, 2.75) is 84.0 Å². The van der Waals surface area contributed by atoms with Crippen molar-refractivity contribution in [3.8, 4) is 5.75 Å². The SMILES string of the molecule is CCCCCCCCCCCCCCOC(=O)c1ccccc1O. The second kappa shape index (κ2) is 13.9. The summed E-state index contributed by atoms with van der Waals surface area (Å²) in [6.45, 7) is 2.69. The van der Waals surface area contributed by atoms with Crippen molar-refractivity contribution in [2.75, 3.05) is 6.61 Å². The summed E-state index contributed by atoms with van der Waals surface area (Å²) in [5.74, 6) is -0.451. The van der Waals surface area contributed by atoms with Gasteiger partial charge in [-0.2, -0.15) is 0 Å². The minimum Gasteiger partial charge on any atom is -0.507 e. The molecule has 0 spiro atoms. The first kappa shape index (κ1) is 20.5. The summed E-state index contributed by atoms with van der Waals surface area (Å²) >= 11 is 0. The van der Waals surface area contributed by atoms with Gasteiger partial charge in [0.1, 0.15) is 11.3 Å². The third-order valence-electron chi connectivity index (χ3n) is 4.36. The zero-order chi connectivity index (χ0) is 17.5. The highest BCUT2D eigenvalue weighted by atomic mass is 16.5. The Morgan fingerprint density at radius 1 is 0.833 bits per heavy atom. The summed E-state index contributed by atoms with van der Waals surface area (Å²) in [7, 11) is 0. The Bertz CT molecular complexity index is 442. The van der Waals surface area contributed by atoms with Crippen molar-refractivity contribution >= 4 is 5.97 Å². The van der Waals surface area contributed by atoms with Crippen molar-refractivity contribution in [3.05, 3.63) is 29.8 Å². The van der Waals surface area contributed by atoms with Gasteiger partial charge in [0.2, 0.25) is 0 Å². The Kier molecular flexibility index (Phi) is 11.9. The zero-order valence-corrected chi connectivity index (χ0v) is 15.3. The highest BCUT2D eigenvalue weighted by Crippen LogP contribution is 2.17. The third kappa shape index (κ3) is 9.59. The van der Waals surface area contributed by atoms with E-state index in [9.17, 15) is 9.90 Å². The van der Waals surface area contributed by atoms with Crippen LogP contribution in [0.25, 0.3) is 0 Å². The number of esters is 1. The second-order valence-electron chi connectivity index (χ2n) is 6.54. The predicted octanol–water partition coefficient (Wildman–Crippen LogP) is 6.25. The number of carbonyl (C=O) groups is 1. The van der Waals surface area contributed by atoms with E-state index in [4.69, 9.17) is 4.74 Å². The molecule has 0 heterocycles. The van der Waals surface area contributed by atoms with E-state index in [0.29, 0.717) is 6.61 Å². The molecule has 0 aliphatic heterocycles. The molecule has 1 N–H and O–H groups in total. The maximum absolute atomic E-state index is 11.8. The molecule has 1 rings (SSSR count). The number of ether oxygens (including phenoxy) is 1. The fraction of sp³-hybridized carbons (Fsp3) is 0.667. The average molecular weight is 334 g/mol. The van der Waals surface area contributed by atoms with Crippen LogP contribution in [-0.4, -0.2) is 17.7 Å². The van der Waals surface area contributed by atoms with Gasteiger partial charge in [0.05, 0.1) is 6.61 Å². The van der Waals surface area contributed by atoms with Crippen LogP contribution in [0, 0.1) is 0 Å². The molecule has 0 aliphatic rings. The van der Waals surface area contributed by atoms with E-state index in [2.05, 4.69) is 6.92 Å². The maximum Gasteiger partial charge on any atom is 0.341 e. The van der Waals surface area contributed by atoms with Gasteiger partial charge in [-0.1, -0.05) is 89.7 Å². The lowest BCUT2D eigenvalue weighted by atomic mass is 10.1. The molecule has 1 aromatic carbocycles. The Hall–Kier alpha value is -1.51. The zero-order valence-electron chi connectivity index (χ0n) is 15.3. The summed E-state index contributed by atoms with van der Waals surface area (Å²) in [5.41, 5.74) is 0.247. The predicted molar refractivity (Wildman–Crippen MR) is 99.5 cm³/mol. The number of rotatable bonds is 14. The van der Waals surface area contributed by atoms with Crippen LogP contribution in [0.3, 0.4) is 0 Å². The van der Waals surface area contributed by atoms with Gasteiger partial charge >= 0.3 is 5.97 Å². The number of para-hydroxylation sites is 1. The van der Waals surface area contributed by atoms with Crippen molar-refractivity contribution in [2.24, 2.45) is 0 Å². The van der Waals surface area contributed by atoms with Crippen LogP contribution < -0.4 is 0 Å². The van der Waals surface area contributed by atoms with E-state index >= 15 is 0 Å². The fourth-order valence-electron chi connectivity index (χ4n) is 2.83. The molecule has 0 unspecified atom stereocenters. The quantitative estimate of drug-likeness (QED) is 0.323. The van der Waals surface area contributed by atoms with E-state index in [-0.39, 0.29) is 11.3 Å². The fourth-order valence-corrected chi connectivity index (χ4v) is 2.83. The van der Waals surface area contributed by atoms with E-state index in [1.54, 1.807) is 18.2 Å². The molecular formula is C21H34O3. The molecule has 3 nitrogen and oxygen atoms in total. The van der Waals surface area contributed by atoms with Gasteiger partial charge in [-0.05, 0) is 18.6 Å². The lowest BCUT2D eigenvalue weighted by Crippen LogP contribution is -2.06. The summed E-state index contributed by atoms with van der Waals surface area (Å²) in [5, 5.41) is 9.58. The summed E-state index contributed by atoms with van der Waals surface area (Å²) < 4.78 is 5.20. The van der Waals surface area contributed by atoms with Crippen molar-refractivity contribution in [1.29, 1.82) is 0 Å². The highest BCUT2D eigenvalue weighted by Gasteiger charge is 2.10. The largest absolute Gasteiger partial charge is 0.507 e. The summed E-state index contributed by atoms with van der Waals surface area (Å²) in [6, 6.07) is 6.50. The Morgan fingerprint density at radius 2 is 1.33 bits per heavy atom. The maximum atomic E-state index is 11.8. The number of benzene rings is 1. The lowest BCUT2D eigenvalue weighted by Gasteiger charge is -2.06. The lowest BCUT2D eigenvalue weighted by molar-refractivity contribution is 0.0494. The number of unbranched alkanes of at least 4 members (excludes halogenated alkanes) is 11. The molecule has 0 saturated heterocycles. The van der Waals surface area contributed by atoms with Crippen LogP contribution in [0.15, 0.2) is 24.3 Å². The molecule has 0 bridgehead atoms. The topological polar surface area (TPSA) is 46.5 Å². The number of hydrogen-bond acceptors (Lipinski definition) is 3. The molecule has 0 saturated carbocycles. The molecule has 3 heteroatoms. The van der Waals surface area contributed by atoms with Gasteiger partial charge in [-0.15, -0.1) is 0 Å². The molecule has 0 amide bonds. The van der Waals surface area contributed by atoms with Crippen LogP contribution in [0.4, 0.5) is 0 Å². The minimum absolute atomic E-state index is 0.0165. The molecule has 1 aromatic rings. The summed E-state index contributed by atoms with van der Waals surface area (Å²) in [6.07, 6.45) is 15.4. The Labute approximate surface area is 147 Å². The monoisotopic (exact) mass is 334 g/mol. The molecule has 24 heavy (non-hydrogen) atoms. The van der Waals surface area contributed by atoms with E-state index in [0.717, 1.165) is 12.8 Å². The molecule has 0 atom stereocenters. The van der Waals surface area contributed by atoms with Gasteiger partial charge in [-0.3, -0.25) is 0 Å². The van der Waals surface area contributed by atoms with E-state index < -0.39 is 5.97 Å². The van der Waals surface area contributed by atoms with Crippen LogP contribution in [0.5, 0.6) is 5.75 Å². The first-order valence-electron chi connectivity index (χ1n) is 9.70. The van der Waals surface area contributed by atoms with Crippen LogP contribution >= 0.6 is 0 Å².